The van der Waals surface area contributed by atoms with Crippen molar-refractivity contribution in [2.24, 2.45) is 5.92 Å². The Labute approximate surface area is 124 Å². The van der Waals surface area contributed by atoms with Gasteiger partial charge in [0, 0.05) is 10.6 Å². The highest BCUT2D eigenvalue weighted by Gasteiger charge is 2.23. The number of aryl methyl sites for hydroxylation is 1. The number of aliphatic carboxylic acids is 1. The topological polar surface area (TPSA) is 91.9 Å². The standard InChI is InChI=1S/C13H15N3O2S2/c1-6-2-3-7-8(4-6)20-12-10(7)11(14)15-13(16-12)19-5-9(17)18/h6H,2-5H2,1H3,(H,17,18)(H2,14,15,16)/p-1/t6-/m1/s1. The molecule has 0 spiro atoms. The van der Waals surface area contributed by atoms with Gasteiger partial charge in [-0.1, -0.05) is 18.7 Å². The molecule has 2 N–H and O–H groups in total. The number of thioether (sulfide) groups is 1. The molecule has 3 rings (SSSR count). The molecule has 20 heavy (non-hydrogen) atoms. The first-order valence-electron chi connectivity index (χ1n) is 6.45. The first-order valence-corrected chi connectivity index (χ1v) is 8.25. The number of fused-ring (bicyclic) bond motifs is 3. The van der Waals surface area contributed by atoms with Gasteiger partial charge in [0.2, 0.25) is 0 Å². The lowest BCUT2D eigenvalue weighted by Gasteiger charge is -2.17. The van der Waals surface area contributed by atoms with Crippen molar-refractivity contribution in [3.63, 3.8) is 0 Å². The lowest BCUT2D eigenvalue weighted by molar-refractivity contribution is -0.301. The molecule has 1 aliphatic carbocycles. The van der Waals surface area contributed by atoms with Crippen LogP contribution in [0.3, 0.4) is 0 Å². The minimum absolute atomic E-state index is 0.160. The van der Waals surface area contributed by atoms with E-state index in [1.54, 1.807) is 11.3 Å². The van der Waals surface area contributed by atoms with E-state index in [2.05, 4.69) is 16.9 Å². The van der Waals surface area contributed by atoms with Crippen molar-refractivity contribution in [2.45, 2.75) is 31.3 Å². The Kier molecular flexibility index (Phi) is 3.55. The molecule has 0 saturated heterocycles. The first-order chi connectivity index (χ1) is 9.54. The van der Waals surface area contributed by atoms with Gasteiger partial charge >= 0.3 is 0 Å². The molecule has 1 aliphatic rings. The Morgan fingerprint density at radius 3 is 3.10 bits per heavy atom. The molecule has 0 amide bonds. The molecule has 2 aromatic heterocycles. The van der Waals surface area contributed by atoms with Gasteiger partial charge in [0.15, 0.2) is 5.16 Å². The van der Waals surface area contributed by atoms with Crippen LogP contribution in [-0.2, 0) is 17.6 Å². The summed E-state index contributed by atoms with van der Waals surface area (Å²) in [6.45, 7) is 2.25. The number of carboxylic acids is 1. The molecular formula is C13H14N3O2S2-. The van der Waals surface area contributed by atoms with Gasteiger partial charge in [-0.2, -0.15) is 0 Å². The molecule has 0 bridgehead atoms. The summed E-state index contributed by atoms with van der Waals surface area (Å²) in [5.41, 5.74) is 7.33. The number of hydrogen-bond acceptors (Lipinski definition) is 7. The summed E-state index contributed by atoms with van der Waals surface area (Å²) in [7, 11) is 0. The number of nitrogen functional groups attached to an aromatic ring is 1. The van der Waals surface area contributed by atoms with Crippen LogP contribution < -0.4 is 10.8 Å². The van der Waals surface area contributed by atoms with Crippen LogP contribution in [0.4, 0.5) is 5.82 Å². The maximum atomic E-state index is 10.5. The van der Waals surface area contributed by atoms with Crippen molar-refractivity contribution >= 4 is 45.1 Å². The number of rotatable bonds is 3. The number of nitrogens with zero attached hydrogens (tertiary/aromatic N) is 2. The fourth-order valence-electron chi connectivity index (χ4n) is 2.54. The highest BCUT2D eigenvalue weighted by molar-refractivity contribution is 7.99. The molecule has 0 saturated carbocycles. The van der Waals surface area contributed by atoms with E-state index >= 15 is 0 Å². The zero-order valence-corrected chi connectivity index (χ0v) is 12.6. The molecule has 1 atom stereocenters. The van der Waals surface area contributed by atoms with E-state index in [-0.39, 0.29) is 5.75 Å². The number of carbonyl (C=O) groups excluding carboxylic acids is 1. The summed E-state index contributed by atoms with van der Waals surface area (Å²) < 4.78 is 0. The van der Waals surface area contributed by atoms with Crippen LogP contribution in [0.25, 0.3) is 10.2 Å². The van der Waals surface area contributed by atoms with Gasteiger partial charge in [-0.25, -0.2) is 9.97 Å². The Morgan fingerprint density at radius 2 is 2.35 bits per heavy atom. The minimum atomic E-state index is -1.13. The highest BCUT2D eigenvalue weighted by Crippen LogP contribution is 2.39. The first kappa shape index (κ1) is 13.6. The van der Waals surface area contributed by atoms with Crippen molar-refractivity contribution in [1.82, 2.24) is 9.97 Å². The Balaban J connectivity index is 2.02. The second kappa shape index (κ2) is 5.21. The second-order valence-corrected chi connectivity index (χ2v) is 7.11. The number of thiophene rings is 1. The maximum absolute atomic E-state index is 10.5. The van der Waals surface area contributed by atoms with Crippen LogP contribution >= 0.6 is 23.1 Å². The van der Waals surface area contributed by atoms with Gasteiger partial charge in [0.1, 0.15) is 10.6 Å². The molecule has 106 valence electrons. The summed E-state index contributed by atoms with van der Waals surface area (Å²) in [6.07, 6.45) is 3.26. The Morgan fingerprint density at radius 1 is 1.55 bits per heavy atom. The smallest absolute Gasteiger partial charge is 0.191 e. The highest BCUT2D eigenvalue weighted by atomic mass is 32.2. The molecule has 7 heteroatoms. The molecule has 2 heterocycles. The Hall–Kier alpha value is -1.34. The van der Waals surface area contributed by atoms with E-state index in [0.717, 1.165) is 34.8 Å². The van der Waals surface area contributed by atoms with Crippen molar-refractivity contribution in [2.75, 3.05) is 11.5 Å². The molecule has 5 nitrogen and oxygen atoms in total. The van der Waals surface area contributed by atoms with Crippen molar-refractivity contribution in [3.05, 3.63) is 10.4 Å². The molecule has 0 aromatic carbocycles. The third-order valence-electron chi connectivity index (χ3n) is 3.48. The molecule has 0 fully saturated rings. The summed E-state index contributed by atoms with van der Waals surface area (Å²) in [6, 6.07) is 0. The molecule has 0 radical (unpaired) electrons. The molecular weight excluding hydrogens is 294 g/mol. The number of carboxylic acid groups (broad SMARTS) is 1. The predicted octanol–water partition coefficient (Wildman–Crippen LogP) is 1.24. The van der Waals surface area contributed by atoms with E-state index in [1.807, 2.05) is 0 Å². The number of hydrogen-bond donors (Lipinski definition) is 1. The lowest BCUT2D eigenvalue weighted by atomic mass is 9.89. The van der Waals surface area contributed by atoms with E-state index in [4.69, 9.17) is 5.73 Å². The maximum Gasteiger partial charge on any atom is 0.191 e. The van der Waals surface area contributed by atoms with E-state index < -0.39 is 5.97 Å². The number of anilines is 1. The largest absolute Gasteiger partial charge is 0.549 e. The number of nitrogens with two attached hydrogens (primary N) is 1. The van der Waals surface area contributed by atoms with Crippen LogP contribution in [0, 0.1) is 5.92 Å². The van der Waals surface area contributed by atoms with Crippen LogP contribution in [0.5, 0.6) is 0 Å². The minimum Gasteiger partial charge on any atom is -0.549 e. The van der Waals surface area contributed by atoms with Gasteiger partial charge in [-0.15, -0.1) is 11.3 Å². The quantitative estimate of drug-likeness (QED) is 0.677. The number of carbonyl (C=O) groups is 1. The molecule has 0 aliphatic heterocycles. The predicted molar refractivity (Wildman–Crippen MR) is 78.7 cm³/mol. The van der Waals surface area contributed by atoms with Crippen LogP contribution in [0.1, 0.15) is 23.8 Å². The zero-order chi connectivity index (χ0) is 14.3. The van der Waals surface area contributed by atoms with Gasteiger partial charge < -0.3 is 15.6 Å². The second-order valence-electron chi connectivity index (χ2n) is 5.08. The Bertz CT molecular complexity index is 684. The summed E-state index contributed by atoms with van der Waals surface area (Å²) in [5, 5.41) is 11.9. The summed E-state index contributed by atoms with van der Waals surface area (Å²) in [4.78, 5) is 21.4. The van der Waals surface area contributed by atoms with Crippen molar-refractivity contribution in [3.8, 4) is 0 Å². The summed E-state index contributed by atoms with van der Waals surface area (Å²) in [5.74, 6) is -0.135. The fourth-order valence-corrected chi connectivity index (χ4v) is 4.55. The molecule has 2 aromatic rings. The average molecular weight is 308 g/mol. The average Bonchev–Trinajstić information content (AvgIpc) is 2.73. The summed E-state index contributed by atoms with van der Waals surface area (Å²) >= 11 is 2.70. The molecule has 0 unspecified atom stereocenters. The monoisotopic (exact) mass is 308 g/mol. The van der Waals surface area contributed by atoms with Crippen LogP contribution in [0.2, 0.25) is 0 Å². The van der Waals surface area contributed by atoms with Gasteiger partial charge in [0.25, 0.3) is 0 Å². The van der Waals surface area contributed by atoms with Crippen molar-refractivity contribution < 1.29 is 9.90 Å². The van der Waals surface area contributed by atoms with Gasteiger partial charge in [0.05, 0.1) is 11.4 Å². The lowest BCUT2D eigenvalue weighted by Crippen LogP contribution is -2.24. The normalized spacial score (nSPS) is 18.1. The zero-order valence-electron chi connectivity index (χ0n) is 11.0. The van der Waals surface area contributed by atoms with Gasteiger partial charge in [-0.05, 0) is 30.7 Å². The van der Waals surface area contributed by atoms with Crippen LogP contribution in [-0.4, -0.2) is 21.7 Å². The third-order valence-corrected chi connectivity index (χ3v) is 5.45. The van der Waals surface area contributed by atoms with E-state index in [0.29, 0.717) is 16.9 Å². The third kappa shape index (κ3) is 2.47. The van der Waals surface area contributed by atoms with Crippen LogP contribution in [0.15, 0.2) is 5.16 Å². The van der Waals surface area contributed by atoms with Gasteiger partial charge in [-0.3, -0.25) is 0 Å². The SMILES string of the molecule is C[C@@H]1CCc2c(sc3nc(SCC(=O)[O-])nc(N)c23)C1. The van der Waals surface area contributed by atoms with Crippen molar-refractivity contribution in [1.29, 1.82) is 0 Å². The van der Waals surface area contributed by atoms with E-state index in [9.17, 15) is 9.90 Å². The fraction of sp³-hybridized carbons (Fsp3) is 0.462. The van der Waals surface area contributed by atoms with E-state index in [1.165, 1.54) is 16.9 Å². The number of aromatic nitrogens is 2.